The topological polar surface area (TPSA) is 49.6 Å². The summed E-state index contributed by atoms with van der Waals surface area (Å²) in [6.07, 6.45) is 1.93. The number of carbonyl (C=O) groups excluding carboxylic acids is 1. The molecule has 1 aliphatic rings. The van der Waals surface area contributed by atoms with Gasteiger partial charge in [-0.2, -0.15) is 0 Å². The van der Waals surface area contributed by atoms with Crippen molar-refractivity contribution in [3.63, 3.8) is 0 Å². The summed E-state index contributed by atoms with van der Waals surface area (Å²) in [6.45, 7) is 6.32. The van der Waals surface area contributed by atoms with Crippen LogP contribution in [0.3, 0.4) is 0 Å². The van der Waals surface area contributed by atoms with Crippen molar-refractivity contribution in [3.8, 4) is 0 Å². The fraction of sp³-hybridized carbons (Fsp3) is 0.917. The quantitative estimate of drug-likeness (QED) is 0.720. The van der Waals surface area contributed by atoms with Gasteiger partial charge in [-0.3, -0.25) is 4.79 Å². The highest BCUT2D eigenvalue weighted by molar-refractivity contribution is 5.85. The molecule has 0 saturated heterocycles. The van der Waals surface area contributed by atoms with Crippen molar-refractivity contribution >= 4 is 5.91 Å². The summed E-state index contributed by atoms with van der Waals surface area (Å²) in [5.74, 6) is 0.256. The number of amides is 1. The lowest BCUT2D eigenvalue weighted by Gasteiger charge is -2.33. The number of carbonyl (C=O) groups is 1. The van der Waals surface area contributed by atoms with Gasteiger partial charge >= 0.3 is 0 Å². The average Bonchev–Trinajstić information content (AvgIpc) is 2.97. The van der Waals surface area contributed by atoms with E-state index in [1.54, 1.807) is 0 Å². The molecule has 0 heterocycles. The first-order valence-corrected chi connectivity index (χ1v) is 6.12. The van der Waals surface area contributed by atoms with Gasteiger partial charge in [0, 0.05) is 25.7 Å². The molecule has 0 radical (unpaired) electrons. The molecule has 94 valence electrons. The van der Waals surface area contributed by atoms with Crippen LogP contribution in [0.5, 0.6) is 0 Å². The molecule has 4 nitrogen and oxygen atoms in total. The Balaban J connectivity index is 2.63. The van der Waals surface area contributed by atoms with Gasteiger partial charge in [0.25, 0.3) is 0 Å². The number of likely N-dealkylation sites (N-methyl/N-ethyl adjacent to an activating group) is 2. The van der Waals surface area contributed by atoms with E-state index in [0.717, 1.165) is 25.9 Å². The molecule has 0 aromatic heterocycles. The van der Waals surface area contributed by atoms with Gasteiger partial charge in [-0.15, -0.1) is 0 Å². The molecule has 0 aromatic rings. The monoisotopic (exact) mass is 227 g/mol. The molecule has 0 aliphatic heterocycles. The summed E-state index contributed by atoms with van der Waals surface area (Å²) in [5.41, 5.74) is 5.49. The van der Waals surface area contributed by atoms with E-state index in [1.807, 2.05) is 25.9 Å². The van der Waals surface area contributed by atoms with E-state index in [4.69, 9.17) is 5.73 Å². The standard InChI is InChI=1S/C12H25N3O/c1-5-15(10(2)8-14(3)4)11(16)12(9-13)6-7-12/h10H,5-9,13H2,1-4H3. The van der Waals surface area contributed by atoms with E-state index >= 15 is 0 Å². The second-order valence-electron chi connectivity index (χ2n) is 5.19. The molecule has 4 heteroatoms. The third-order valence-corrected chi connectivity index (χ3v) is 3.46. The third-order valence-electron chi connectivity index (χ3n) is 3.46. The fourth-order valence-electron chi connectivity index (χ4n) is 2.24. The molecule has 1 unspecified atom stereocenters. The number of rotatable bonds is 6. The molecule has 0 aromatic carbocycles. The zero-order chi connectivity index (χ0) is 12.3. The Bertz CT molecular complexity index is 249. The minimum absolute atomic E-state index is 0.212. The summed E-state index contributed by atoms with van der Waals surface area (Å²) in [7, 11) is 4.06. The Morgan fingerprint density at radius 3 is 2.31 bits per heavy atom. The van der Waals surface area contributed by atoms with Crippen LogP contribution in [0.15, 0.2) is 0 Å². The van der Waals surface area contributed by atoms with Crippen LogP contribution in [-0.2, 0) is 4.79 Å². The normalized spacial score (nSPS) is 19.6. The highest BCUT2D eigenvalue weighted by Crippen LogP contribution is 2.46. The molecular formula is C12H25N3O. The van der Waals surface area contributed by atoms with Crippen molar-refractivity contribution in [2.24, 2.45) is 11.1 Å². The maximum atomic E-state index is 12.3. The predicted octanol–water partition coefficient (Wildman–Crippen LogP) is 0.524. The molecule has 2 N–H and O–H groups in total. The number of nitrogens with two attached hydrogens (primary N) is 1. The van der Waals surface area contributed by atoms with Crippen LogP contribution in [0, 0.1) is 5.41 Å². The molecule has 1 amide bonds. The summed E-state index contributed by atoms with van der Waals surface area (Å²) in [6, 6.07) is 0.261. The molecule has 1 aliphatic carbocycles. The van der Waals surface area contributed by atoms with Crippen molar-refractivity contribution in [2.75, 3.05) is 33.7 Å². The Morgan fingerprint density at radius 1 is 1.44 bits per heavy atom. The van der Waals surface area contributed by atoms with Crippen LogP contribution in [0.25, 0.3) is 0 Å². The van der Waals surface area contributed by atoms with Crippen LogP contribution in [0.1, 0.15) is 26.7 Å². The molecular weight excluding hydrogens is 202 g/mol. The smallest absolute Gasteiger partial charge is 0.230 e. The first-order chi connectivity index (χ1) is 7.46. The van der Waals surface area contributed by atoms with E-state index in [-0.39, 0.29) is 17.4 Å². The van der Waals surface area contributed by atoms with Gasteiger partial charge in [0.05, 0.1) is 5.41 Å². The maximum Gasteiger partial charge on any atom is 0.230 e. The van der Waals surface area contributed by atoms with Gasteiger partial charge in [0.1, 0.15) is 0 Å². The second kappa shape index (κ2) is 5.15. The van der Waals surface area contributed by atoms with Crippen molar-refractivity contribution in [1.29, 1.82) is 0 Å². The first kappa shape index (κ1) is 13.5. The van der Waals surface area contributed by atoms with E-state index in [2.05, 4.69) is 11.8 Å². The van der Waals surface area contributed by atoms with Gasteiger partial charge in [0.15, 0.2) is 0 Å². The first-order valence-electron chi connectivity index (χ1n) is 6.12. The van der Waals surface area contributed by atoms with Gasteiger partial charge in [-0.1, -0.05) is 0 Å². The lowest BCUT2D eigenvalue weighted by atomic mass is 10.0. The van der Waals surface area contributed by atoms with Crippen LogP contribution in [0.2, 0.25) is 0 Å². The van der Waals surface area contributed by atoms with Crippen LogP contribution in [0.4, 0.5) is 0 Å². The zero-order valence-corrected chi connectivity index (χ0v) is 11.0. The minimum Gasteiger partial charge on any atom is -0.338 e. The number of nitrogens with zero attached hydrogens (tertiary/aromatic N) is 2. The highest BCUT2D eigenvalue weighted by atomic mass is 16.2. The Morgan fingerprint density at radius 2 is 2.00 bits per heavy atom. The average molecular weight is 227 g/mol. The lowest BCUT2D eigenvalue weighted by Crippen LogP contribution is -2.48. The van der Waals surface area contributed by atoms with Crippen molar-refractivity contribution in [3.05, 3.63) is 0 Å². The SMILES string of the molecule is CCN(C(=O)C1(CN)CC1)C(C)CN(C)C. The molecule has 16 heavy (non-hydrogen) atoms. The summed E-state index contributed by atoms with van der Waals surface area (Å²) >= 11 is 0. The van der Waals surface area contributed by atoms with E-state index < -0.39 is 0 Å². The number of hydrogen-bond donors (Lipinski definition) is 1. The van der Waals surface area contributed by atoms with Gasteiger partial charge < -0.3 is 15.5 Å². The third kappa shape index (κ3) is 2.74. The molecule has 0 spiro atoms. The molecule has 1 saturated carbocycles. The van der Waals surface area contributed by atoms with Gasteiger partial charge in [-0.25, -0.2) is 0 Å². The Kier molecular flexibility index (Phi) is 4.33. The summed E-state index contributed by atoms with van der Waals surface area (Å²) in [4.78, 5) is 16.4. The largest absolute Gasteiger partial charge is 0.338 e. The van der Waals surface area contributed by atoms with Crippen molar-refractivity contribution in [1.82, 2.24) is 9.80 Å². The van der Waals surface area contributed by atoms with Gasteiger partial charge in [0.2, 0.25) is 5.91 Å². The molecule has 1 fully saturated rings. The summed E-state index contributed by atoms with van der Waals surface area (Å²) < 4.78 is 0. The highest BCUT2D eigenvalue weighted by Gasteiger charge is 2.50. The van der Waals surface area contributed by atoms with Crippen LogP contribution < -0.4 is 5.73 Å². The van der Waals surface area contributed by atoms with E-state index in [9.17, 15) is 4.79 Å². The maximum absolute atomic E-state index is 12.3. The Hall–Kier alpha value is -0.610. The zero-order valence-electron chi connectivity index (χ0n) is 11.0. The fourth-order valence-corrected chi connectivity index (χ4v) is 2.24. The Labute approximate surface area is 98.8 Å². The predicted molar refractivity (Wildman–Crippen MR) is 66.1 cm³/mol. The van der Waals surface area contributed by atoms with E-state index in [0.29, 0.717) is 6.54 Å². The van der Waals surface area contributed by atoms with E-state index in [1.165, 1.54) is 0 Å². The lowest BCUT2D eigenvalue weighted by molar-refractivity contribution is -0.138. The van der Waals surface area contributed by atoms with Gasteiger partial charge in [-0.05, 0) is 40.8 Å². The van der Waals surface area contributed by atoms with Crippen molar-refractivity contribution < 1.29 is 4.79 Å². The molecule has 0 bridgehead atoms. The molecule has 1 rings (SSSR count). The van der Waals surface area contributed by atoms with Crippen LogP contribution in [-0.4, -0.2) is 55.5 Å². The summed E-state index contributed by atoms with van der Waals surface area (Å²) in [5, 5.41) is 0. The van der Waals surface area contributed by atoms with Crippen LogP contribution >= 0.6 is 0 Å². The second-order valence-corrected chi connectivity index (χ2v) is 5.19. The number of hydrogen-bond acceptors (Lipinski definition) is 3. The van der Waals surface area contributed by atoms with Crippen molar-refractivity contribution in [2.45, 2.75) is 32.7 Å². The molecule has 1 atom stereocenters. The minimum atomic E-state index is -0.212.